The summed E-state index contributed by atoms with van der Waals surface area (Å²) in [6.45, 7) is 9.33. The molecule has 1 unspecified atom stereocenters. The van der Waals surface area contributed by atoms with Crippen LogP contribution in [-0.4, -0.2) is 21.3 Å². The number of benzene rings is 4. The van der Waals surface area contributed by atoms with Crippen molar-refractivity contribution in [1.82, 2.24) is 0 Å². The van der Waals surface area contributed by atoms with Gasteiger partial charge in [-0.3, -0.25) is 0 Å². The van der Waals surface area contributed by atoms with Gasteiger partial charge in [-0.2, -0.15) is 17.7 Å². The standard InChI is InChI=1S/C39H41F3NO4/c1-25(27-13-17-30(18-14-27)38(2,3)4)36-32-22-35(46-7)34(45-6)21-28(32)19-20-43(36)23-29-9-8-10-33(44-5)37(29)47-24-26-11-15-31(16-12-26)39(40,41)42/h8-22,25H,23-24H2,1-7H3/q+1. The number of fused-ring (bicyclic) bond motifs is 1. The summed E-state index contributed by atoms with van der Waals surface area (Å²) >= 11 is 0. The van der Waals surface area contributed by atoms with Crippen molar-refractivity contribution in [2.24, 2.45) is 0 Å². The van der Waals surface area contributed by atoms with Gasteiger partial charge in [-0.1, -0.05) is 63.2 Å². The van der Waals surface area contributed by atoms with Crippen LogP contribution in [0.1, 0.15) is 67.1 Å². The van der Waals surface area contributed by atoms with Crippen molar-refractivity contribution in [3.63, 3.8) is 0 Å². The molecule has 5 nitrogen and oxygen atoms in total. The Morgan fingerprint density at radius 3 is 1.94 bits per heavy atom. The van der Waals surface area contributed by atoms with E-state index in [-0.39, 0.29) is 17.9 Å². The van der Waals surface area contributed by atoms with Crippen molar-refractivity contribution in [2.75, 3.05) is 21.3 Å². The van der Waals surface area contributed by atoms with Crippen LogP contribution in [0.15, 0.2) is 91.1 Å². The molecule has 47 heavy (non-hydrogen) atoms. The summed E-state index contributed by atoms with van der Waals surface area (Å²) in [5, 5.41) is 2.03. The minimum Gasteiger partial charge on any atom is -0.493 e. The van der Waals surface area contributed by atoms with E-state index in [1.165, 1.54) is 23.3 Å². The van der Waals surface area contributed by atoms with Gasteiger partial charge < -0.3 is 18.9 Å². The van der Waals surface area contributed by atoms with Gasteiger partial charge in [-0.15, -0.1) is 0 Å². The van der Waals surface area contributed by atoms with Crippen LogP contribution in [0.3, 0.4) is 0 Å². The van der Waals surface area contributed by atoms with Crippen LogP contribution in [0.5, 0.6) is 23.0 Å². The number of hydrogen-bond donors (Lipinski definition) is 0. The molecule has 246 valence electrons. The van der Waals surface area contributed by atoms with Crippen LogP contribution in [0.2, 0.25) is 0 Å². The van der Waals surface area contributed by atoms with Crippen LogP contribution in [0, 0.1) is 0 Å². The maximum absolute atomic E-state index is 13.1. The van der Waals surface area contributed by atoms with Gasteiger partial charge in [0.2, 0.25) is 0 Å². The molecule has 0 saturated heterocycles. The molecule has 1 aromatic heterocycles. The molecule has 1 atom stereocenters. The van der Waals surface area contributed by atoms with E-state index in [4.69, 9.17) is 18.9 Å². The molecule has 0 radical (unpaired) electrons. The number of halogens is 3. The second kappa shape index (κ2) is 13.6. The van der Waals surface area contributed by atoms with Gasteiger partial charge in [0.1, 0.15) is 6.61 Å². The lowest BCUT2D eigenvalue weighted by Gasteiger charge is -2.21. The lowest BCUT2D eigenvalue weighted by atomic mass is 9.85. The van der Waals surface area contributed by atoms with Crippen LogP contribution in [0.4, 0.5) is 13.2 Å². The Kier molecular flexibility index (Phi) is 9.70. The maximum Gasteiger partial charge on any atom is 0.416 e. The van der Waals surface area contributed by atoms with Gasteiger partial charge in [-0.05, 0) is 70.8 Å². The largest absolute Gasteiger partial charge is 0.493 e. The van der Waals surface area contributed by atoms with Crippen molar-refractivity contribution in [3.05, 3.63) is 125 Å². The Morgan fingerprint density at radius 2 is 1.34 bits per heavy atom. The van der Waals surface area contributed by atoms with Crippen LogP contribution in [-0.2, 0) is 24.7 Å². The molecule has 1 heterocycles. The zero-order valence-corrected chi connectivity index (χ0v) is 27.9. The Balaban J connectivity index is 1.58. The summed E-state index contributed by atoms with van der Waals surface area (Å²) in [6.07, 6.45) is -2.34. The van der Waals surface area contributed by atoms with E-state index in [2.05, 4.69) is 68.8 Å². The van der Waals surface area contributed by atoms with Crippen LogP contribution >= 0.6 is 0 Å². The number of para-hydroxylation sites is 1. The Labute approximate surface area is 274 Å². The average molecular weight is 645 g/mol. The number of hydrogen-bond acceptors (Lipinski definition) is 4. The molecule has 8 heteroatoms. The van der Waals surface area contributed by atoms with Crippen molar-refractivity contribution < 1.29 is 36.7 Å². The molecule has 0 amide bonds. The summed E-state index contributed by atoms with van der Waals surface area (Å²) in [6, 6.07) is 25.5. The van der Waals surface area contributed by atoms with E-state index in [9.17, 15) is 13.2 Å². The molecule has 5 aromatic rings. The number of ether oxygens (including phenoxy) is 4. The third-order valence-electron chi connectivity index (χ3n) is 8.55. The molecule has 0 saturated carbocycles. The SMILES string of the molecule is COc1cc2cc[n+](Cc3cccc(OC)c3OCc3ccc(C(F)(F)F)cc3)c(C(C)c3ccc(C(C)(C)C)cc3)c2cc1OC. The second-order valence-electron chi connectivity index (χ2n) is 12.6. The Bertz CT molecular complexity index is 1840. The normalized spacial score (nSPS) is 12.6. The van der Waals surface area contributed by atoms with E-state index in [1.54, 1.807) is 21.3 Å². The van der Waals surface area contributed by atoms with Gasteiger partial charge in [-0.25, -0.2) is 0 Å². The first kappa shape index (κ1) is 33.6. The number of alkyl halides is 3. The van der Waals surface area contributed by atoms with Gasteiger partial charge in [0.15, 0.2) is 41.4 Å². The molecule has 0 aliphatic heterocycles. The van der Waals surface area contributed by atoms with Crippen molar-refractivity contribution in [1.29, 1.82) is 0 Å². The molecular formula is C39H41F3NO4+. The summed E-state index contributed by atoms with van der Waals surface area (Å²) in [5.74, 6) is 2.35. The molecule has 4 aromatic carbocycles. The van der Waals surface area contributed by atoms with Crippen molar-refractivity contribution in [3.8, 4) is 23.0 Å². The number of nitrogens with zero attached hydrogens (tertiary/aromatic N) is 1. The summed E-state index contributed by atoms with van der Waals surface area (Å²) in [7, 11) is 4.83. The van der Waals surface area contributed by atoms with E-state index in [1.807, 2.05) is 30.3 Å². The molecule has 0 spiro atoms. The smallest absolute Gasteiger partial charge is 0.416 e. The van der Waals surface area contributed by atoms with E-state index in [0.29, 0.717) is 35.1 Å². The van der Waals surface area contributed by atoms with E-state index >= 15 is 0 Å². The van der Waals surface area contributed by atoms with Gasteiger partial charge in [0.25, 0.3) is 0 Å². The predicted octanol–water partition coefficient (Wildman–Crippen LogP) is 9.25. The predicted molar refractivity (Wildman–Crippen MR) is 178 cm³/mol. The average Bonchev–Trinajstić information content (AvgIpc) is 3.06. The molecular weight excluding hydrogens is 603 g/mol. The highest BCUT2D eigenvalue weighted by molar-refractivity contribution is 5.87. The van der Waals surface area contributed by atoms with Crippen molar-refractivity contribution >= 4 is 10.8 Å². The van der Waals surface area contributed by atoms with Gasteiger partial charge >= 0.3 is 6.18 Å². The van der Waals surface area contributed by atoms with Crippen LogP contribution < -0.4 is 23.5 Å². The highest BCUT2D eigenvalue weighted by Gasteiger charge is 2.30. The minimum atomic E-state index is -4.40. The highest BCUT2D eigenvalue weighted by Crippen LogP contribution is 2.38. The monoisotopic (exact) mass is 644 g/mol. The summed E-state index contributed by atoms with van der Waals surface area (Å²) in [5.41, 5.74) is 4.31. The third-order valence-corrected chi connectivity index (χ3v) is 8.55. The zero-order chi connectivity index (χ0) is 33.9. The molecule has 0 fully saturated rings. The number of aromatic nitrogens is 1. The van der Waals surface area contributed by atoms with Gasteiger partial charge in [0.05, 0.1) is 43.8 Å². The third kappa shape index (κ3) is 7.32. The first-order valence-corrected chi connectivity index (χ1v) is 15.5. The number of methoxy groups -OCH3 is 3. The van der Waals surface area contributed by atoms with E-state index in [0.717, 1.165) is 34.2 Å². The van der Waals surface area contributed by atoms with Crippen molar-refractivity contribution in [2.45, 2.75) is 58.4 Å². The molecule has 0 aliphatic carbocycles. The lowest BCUT2D eigenvalue weighted by molar-refractivity contribution is -0.695. The summed E-state index contributed by atoms with van der Waals surface area (Å²) < 4.78 is 64.8. The highest BCUT2D eigenvalue weighted by atomic mass is 19.4. The second-order valence-corrected chi connectivity index (χ2v) is 12.6. The topological polar surface area (TPSA) is 40.8 Å². The number of pyridine rings is 1. The zero-order valence-electron chi connectivity index (χ0n) is 27.9. The fraction of sp³-hybridized carbons (Fsp3) is 0.308. The van der Waals surface area contributed by atoms with Crippen LogP contribution in [0.25, 0.3) is 10.8 Å². The minimum absolute atomic E-state index is 0.00653. The molecule has 5 rings (SSSR count). The van der Waals surface area contributed by atoms with E-state index < -0.39 is 11.7 Å². The first-order valence-electron chi connectivity index (χ1n) is 15.5. The molecule has 0 bridgehead atoms. The number of rotatable bonds is 10. The fourth-order valence-corrected chi connectivity index (χ4v) is 5.85. The first-order chi connectivity index (χ1) is 22.3. The summed E-state index contributed by atoms with van der Waals surface area (Å²) in [4.78, 5) is 0. The Morgan fingerprint density at radius 1 is 0.723 bits per heavy atom. The maximum atomic E-state index is 13.1. The molecule has 0 aliphatic rings. The quantitative estimate of drug-likeness (QED) is 0.142. The lowest BCUT2D eigenvalue weighted by Crippen LogP contribution is -2.40. The Hall–Kier alpha value is -4.72. The fourth-order valence-electron chi connectivity index (χ4n) is 5.85. The molecule has 0 N–H and O–H groups in total. The van der Waals surface area contributed by atoms with Gasteiger partial charge in [0, 0.05) is 6.07 Å².